The predicted molar refractivity (Wildman–Crippen MR) is 135 cm³/mol. The summed E-state index contributed by atoms with van der Waals surface area (Å²) in [5.41, 5.74) is 6.75. The minimum absolute atomic E-state index is 0. The van der Waals surface area contributed by atoms with E-state index in [0.717, 1.165) is 0 Å². The number of amides is 2. The van der Waals surface area contributed by atoms with Crippen LogP contribution < -0.4 is 10.9 Å². The number of aromatic hydroxyl groups is 2. The number of phenolic OH excluding ortho intramolecular Hbond substituents is 2. The van der Waals surface area contributed by atoms with E-state index in [2.05, 4.69) is 31.0 Å². The average Bonchev–Trinajstić information content (AvgIpc) is 2.92. The molecule has 4 aromatic rings. The normalized spacial score (nSPS) is 10.2. The SMILES string of the molecule is O=C(N/N=C/c1ccccc1O)c1ccncc1.O=C(N/N=C/c1ccccc1O)c1ccncc1.[Mn+2]. The van der Waals surface area contributed by atoms with Crippen LogP contribution in [0.5, 0.6) is 11.5 Å². The van der Waals surface area contributed by atoms with Crippen LogP contribution in [0.4, 0.5) is 0 Å². The van der Waals surface area contributed by atoms with Gasteiger partial charge >= 0.3 is 17.1 Å². The van der Waals surface area contributed by atoms with Crippen molar-refractivity contribution in [3.8, 4) is 11.5 Å². The first-order valence-electron chi connectivity index (χ1n) is 10.6. The number of nitrogens with one attached hydrogen (secondary N) is 2. The summed E-state index contributed by atoms with van der Waals surface area (Å²) in [6.07, 6.45) is 8.88. The molecule has 11 heteroatoms. The van der Waals surface area contributed by atoms with Crippen molar-refractivity contribution >= 4 is 24.2 Å². The Morgan fingerprint density at radius 2 is 0.973 bits per heavy atom. The molecule has 0 aliphatic rings. The van der Waals surface area contributed by atoms with Crippen molar-refractivity contribution in [2.24, 2.45) is 10.2 Å². The number of para-hydroxylation sites is 2. The quantitative estimate of drug-likeness (QED) is 0.169. The second-order valence-corrected chi connectivity index (χ2v) is 6.99. The molecule has 4 N–H and O–H groups in total. The van der Waals surface area contributed by atoms with Crippen LogP contribution in [0.25, 0.3) is 0 Å². The van der Waals surface area contributed by atoms with Gasteiger partial charge in [0.25, 0.3) is 11.8 Å². The maximum Gasteiger partial charge on any atom is 2.00 e. The molecule has 1 radical (unpaired) electrons. The van der Waals surface area contributed by atoms with E-state index < -0.39 is 0 Å². The predicted octanol–water partition coefficient (Wildman–Crippen LogP) is 3.10. The molecule has 37 heavy (non-hydrogen) atoms. The molecule has 0 bridgehead atoms. The maximum absolute atomic E-state index is 11.6. The van der Waals surface area contributed by atoms with Crippen molar-refractivity contribution < 1.29 is 36.9 Å². The van der Waals surface area contributed by atoms with Crippen LogP contribution in [0.3, 0.4) is 0 Å². The van der Waals surface area contributed by atoms with Crippen LogP contribution in [0, 0.1) is 0 Å². The summed E-state index contributed by atoms with van der Waals surface area (Å²) in [6.45, 7) is 0. The third-order valence-corrected chi connectivity index (χ3v) is 4.50. The number of hydrogen-bond acceptors (Lipinski definition) is 8. The summed E-state index contributed by atoms with van der Waals surface area (Å²) < 4.78 is 0. The van der Waals surface area contributed by atoms with Crippen molar-refractivity contribution in [3.05, 3.63) is 120 Å². The van der Waals surface area contributed by atoms with Crippen molar-refractivity contribution in [1.82, 2.24) is 20.8 Å². The minimum Gasteiger partial charge on any atom is -0.507 e. The number of aromatic nitrogens is 2. The van der Waals surface area contributed by atoms with E-state index in [9.17, 15) is 19.8 Å². The smallest absolute Gasteiger partial charge is 0.507 e. The molecule has 185 valence electrons. The van der Waals surface area contributed by atoms with E-state index in [-0.39, 0.29) is 40.4 Å². The molecule has 2 aromatic heterocycles. The number of hydrogen-bond donors (Lipinski definition) is 4. The van der Waals surface area contributed by atoms with E-state index in [0.29, 0.717) is 22.3 Å². The van der Waals surface area contributed by atoms with E-state index >= 15 is 0 Å². The first-order valence-corrected chi connectivity index (χ1v) is 10.6. The van der Waals surface area contributed by atoms with Crippen LogP contribution in [-0.4, -0.2) is 44.4 Å². The second kappa shape index (κ2) is 15.2. The Bertz CT molecular complexity index is 1250. The van der Waals surface area contributed by atoms with E-state index in [1.54, 1.807) is 72.8 Å². The monoisotopic (exact) mass is 537 g/mol. The Morgan fingerprint density at radius 1 is 0.622 bits per heavy atom. The number of benzene rings is 2. The van der Waals surface area contributed by atoms with Crippen LogP contribution in [-0.2, 0) is 17.1 Å². The van der Waals surface area contributed by atoms with Gasteiger partial charge in [-0.05, 0) is 48.5 Å². The Morgan fingerprint density at radius 3 is 1.32 bits per heavy atom. The molecule has 0 fully saturated rings. The van der Waals surface area contributed by atoms with Gasteiger partial charge in [0.1, 0.15) is 11.5 Å². The molecular weight excluding hydrogens is 515 g/mol. The number of hydrazone groups is 2. The third kappa shape index (κ3) is 9.36. The van der Waals surface area contributed by atoms with Gasteiger partial charge in [0.15, 0.2) is 0 Å². The largest absolute Gasteiger partial charge is 2.00 e. The van der Waals surface area contributed by atoms with E-state index in [1.165, 1.54) is 37.2 Å². The second-order valence-electron chi connectivity index (χ2n) is 6.99. The molecule has 0 spiro atoms. The molecule has 0 saturated heterocycles. The molecular formula is C26H22MnN6O4+2. The van der Waals surface area contributed by atoms with Crippen LogP contribution in [0.2, 0.25) is 0 Å². The number of carbonyl (C=O) groups is 2. The van der Waals surface area contributed by atoms with Gasteiger partial charge in [-0.1, -0.05) is 24.3 Å². The zero-order valence-electron chi connectivity index (χ0n) is 19.3. The van der Waals surface area contributed by atoms with Gasteiger partial charge < -0.3 is 10.2 Å². The van der Waals surface area contributed by atoms with Crippen LogP contribution in [0.1, 0.15) is 31.8 Å². The Balaban J connectivity index is 0.000000253. The number of phenols is 2. The molecule has 0 aliphatic heterocycles. The summed E-state index contributed by atoms with van der Waals surface area (Å²) in [4.78, 5) is 30.8. The number of rotatable bonds is 6. The molecule has 2 heterocycles. The Hall–Kier alpha value is -4.86. The van der Waals surface area contributed by atoms with Gasteiger partial charge in [-0.2, -0.15) is 10.2 Å². The Kier molecular flexibility index (Phi) is 11.7. The first kappa shape index (κ1) is 28.4. The van der Waals surface area contributed by atoms with Crippen molar-refractivity contribution in [2.45, 2.75) is 0 Å². The summed E-state index contributed by atoms with van der Waals surface area (Å²) in [5, 5.41) is 26.5. The average molecular weight is 537 g/mol. The molecule has 0 unspecified atom stereocenters. The van der Waals surface area contributed by atoms with Gasteiger partial charge in [0.2, 0.25) is 0 Å². The standard InChI is InChI=1S/2C13H11N3O2.Mn/c2*17-12-4-2-1-3-11(12)9-15-16-13(18)10-5-7-14-8-6-10;/h2*1-9,17H,(H,16,18);/q;;+2/b2*15-9+;. The molecule has 10 nitrogen and oxygen atoms in total. The molecule has 2 amide bonds. The van der Waals surface area contributed by atoms with Crippen molar-refractivity contribution in [1.29, 1.82) is 0 Å². The van der Waals surface area contributed by atoms with E-state index in [1.807, 2.05) is 0 Å². The minimum atomic E-state index is -0.330. The van der Waals surface area contributed by atoms with Crippen LogP contribution in [0.15, 0.2) is 108 Å². The van der Waals surface area contributed by atoms with E-state index in [4.69, 9.17) is 0 Å². The number of nitrogens with zero attached hydrogens (tertiary/aromatic N) is 4. The zero-order valence-corrected chi connectivity index (χ0v) is 20.5. The summed E-state index contributed by atoms with van der Waals surface area (Å²) >= 11 is 0. The summed E-state index contributed by atoms with van der Waals surface area (Å²) in [7, 11) is 0. The summed E-state index contributed by atoms with van der Waals surface area (Å²) in [6, 6.07) is 19.8. The third-order valence-electron chi connectivity index (χ3n) is 4.50. The maximum atomic E-state index is 11.6. The fraction of sp³-hybridized carbons (Fsp3) is 0. The van der Waals surface area contributed by atoms with Gasteiger partial charge in [0, 0.05) is 47.0 Å². The fourth-order valence-electron chi connectivity index (χ4n) is 2.65. The Labute approximate surface area is 223 Å². The van der Waals surface area contributed by atoms with Gasteiger partial charge in [0.05, 0.1) is 12.4 Å². The molecule has 4 rings (SSSR count). The number of carbonyl (C=O) groups excluding carboxylic acids is 2. The first-order chi connectivity index (χ1) is 17.5. The summed E-state index contributed by atoms with van der Waals surface area (Å²) in [5.74, 6) is -0.438. The van der Waals surface area contributed by atoms with Gasteiger partial charge in [-0.15, -0.1) is 0 Å². The fourth-order valence-corrected chi connectivity index (χ4v) is 2.65. The number of pyridine rings is 2. The van der Waals surface area contributed by atoms with Gasteiger partial charge in [-0.25, -0.2) is 10.9 Å². The molecule has 0 atom stereocenters. The molecule has 0 saturated carbocycles. The molecule has 2 aromatic carbocycles. The van der Waals surface area contributed by atoms with Crippen LogP contribution >= 0.6 is 0 Å². The van der Waals surface area contributed by atoms with Crippen molar-refractivity contribution in [2.75, 3.05) is 0 Å². The van der Waals surface area contributed by atoms with Gasteiger partial charge in [-0.3, -0.25) is 19.6 Å². The van der Waals surface area contributed by atoms with Crippen molar-refractivity contribution in [3.63, 3.8) is 0 Å². The topological polar surface area (TPSA) is 149 Å². The zero-order chi connectivity index (χ0) is 25.6. The molecule has 0 aliphatic carbocycles.